The van der Waals surface area contributed by atoms with Crippen LogP contribution in [0, 0.1) is 0 Å². The van der Waals surface area contributed by atoms with E-state index < -0.39 is 11.7 Å². The average Bonchev–Trinajstić information content (AvgIpc) is 2.45. The smallest absolute Gasteiger partial charge is 0.313 e. The predicted octanol–water partition coefficient (Wildman–Crippen LogP) is 4.21. The predicted molar refractivity (Wildman–Crippen MR) is 73.4 cm³/mol. The third-order valence-corrected chi connectivity index (χ3v) is 3.24. The number of rotatable bonds is 4. The molecule has 2 rings (SSSR count). The van der Waals surface area contributed by atoms with Crippen molar-refractivity contribution >= 4 is 0 Å². The fourth-order valence-electron chi connectivity index (χ4n) is 2.18. The van der Waals surface area contributed by atoms with Crippen LogP contribution in [0.15, 0.2) is 54.6 Å². The Morgan fingerprint density at radius 2 is 1.70 bits per heavy atom. The molecule has 106 valence electrons. The van der Waals surface area contributed by atoms with Crippen molar-refractivity contribution < 1.29 is 13.2 Å². The molecule has 0 amide bonds. The summed E-state index contributed by atoms with van der Waals surface area (Å²) in [4.78, 5) is 0. The molecule has 0 aliphatic heterocycles. The normalized spacial score (nSPS) is 13.2. The van der Waals surface area contributed by atoms with E-state index in [1.165, 1.54) is 12.1 Å². The molecule has 2 aromatic rings. The standard InChI is InChI=1S/C16H16F3N/c1-20-15(13-7-3-2-4-8-13)11-12-6-5-9-14(10-12)16(17,18)19/h2-10,15,20H,11H2,1H3. The Morgan fingerprint density at radius 1 is 1.00 bits per heavy atom. The molecule has 1 atom stereocenters. The van der Waals surface area contributed by atoms with Crippen LogP contribution in [0.2, 0.25) is 0 Å². The summed E-state index contributed by atoms with van der Waals surface area (Å²) in [5, 5.41) is 3.14. The van der Waals surface area contributed by atoms with Crippen molar-refractivity contribution in [3.8, 4) is 0 Å². The highest BCUT2D eigenvalue weighted by atomic mass is 19.4. The van der Waals surface area contributed by atoms with E-state index in [-0.39, 0.29) is 6.04 Å². The first kappa shape index (κ1) is 14.6. The molecule has 1 unspecified atom stereocenters. The van der Waals surface area contributed by atoms with Crippen LogP contribution >= 0.6 is 0 Å². The SMILES string of the molecule is CNC(Cc1cccc(C(F)(F)F)c1)c1ccccc1. The summed E-state index contributed by atoms with van der Waals surface area (Å²) in [7, 11) is 1.81. The van der Waals surface area contributed by atoms with Gasteiger partial charge in [0.1, 0.15) is 0 Å². The first-order valence-corrected chi connectivity index (χ1v) is 6.39. The van der Waals surface area contributed by atoms with E-state index in [1.54, 1.807) is 6.07 Å². The molecule has 0 aromatic heterocycles. The highest BCUT2D eigenvalue weighted by Crippen LogP contribution is 2.30. The molecule has 20 heavy (non-hydrogen) atoms. The van der Waals surface area contributed by atoms with Crippen molar-refractivity contribution in [2.75, 3.05) is 7.05 Å². The topological polar surface area (TPSA) is 12.0 Å². The molecular formula is C16H16F3N. The van der Waals surface area contributed by atoms with Crippen LogP contribution in [0.3, 0.4) is 0 Å². The lowest BCUT2D eigenvalue weighted by molar-refractivity contribution is -0.137. The van der Waals surface area contributed by atoms with Gasteiger partial charge in [-0.25, -0.2) is 0 Å². The maximum absolute atomic E-state index is 12.7. The largest absolute Gasteiger partial charge is 0.416 e. The van der Waals surface area contributed by atoms with Gasteiger partial charge in [0, 0.05) is 6.04 Å². The number of hydrogen-bond acceptors (Lipinski definition) is 1. The zero-order chi connectivity index (χ0) is 14.6. The first-order chi connectivity index (χ1) is 9.50. The van der Waals surface area contributed by atoms with E-state index >= 15 is 0 Å². The summed E-state index contributed by atoms with van der Waals surface area (Å²) in [6.45, 7) is 0. The van der Waals surface area contributed by atoms with Gasteiger partial charge < -0.3 is 5.32 Å². The third-order valence-electron chi connectivity index (χ3n) is 3.24. The maximum atomic E-state index is 12.7. The molecule has 0 aliphatic rings. The second-order valence-electron chi connectivity index (χ2n) is 4.65. The molecule has 1 nitrogen and oxygen atoms in total. The summed E-state index contributed by atoms with van der Waals surface area (Å²) >= 11 is 0. The van der Waals surface area contributed by atoms with Gasteiger partial charge in [0.2, 0.25) is 0 Å². The van der Waals surface area contributed by atoms with Crippen LogP contribution in [0.1, 0.15) is 22.7 Å². The number of halogens is 3. The van der Waals surface area contributed by atoms with Gasteiger partial charge in [-0.3, -0.25) is 0 Å². The molecule has 0 radical (unpaired) electrons. The quantitative estimate of drug-likeness (QED) is 0.884. The fraction of sp³-hybridized carbons (Fsp3) is 0.250. The second-order valence-corrected chi connectivity index (χ2v) is 4.65. The lowest BCUT2D eigenvalue weighted by Gasteiger charge is -2.17. The minimum Gasteiger partial charge on any atom is -0.313 e. The molecule has 0 bridgehead atoms. The van der Waals surface area contributed by atoms with E-state index in [4.69, 9.17) is 0 Å². The Bertz CT molecular complexity index is 549. The van der Waals surface area contributed by atoms with Gasteiger partial charge in [-0.15, -0.1) is 0 Å². The molecule has 0 saturated carbocycles. The molecule has 0 aliphatic carbocycles. The Labute approximate surface area is 116 Å². The Balaban J connectivity index is 2.20. The van der Waals surface area contributed by atoms with Crippen molar-refractivity contribution in [3.05, 3.63) is 71.3 Å². The van der Waals surface area contributed by atoms with Crippen molar-refractivity contribution in [1.29, 1.82) is 0 Å². The summed E-state index contributed by atoms with van der Waals surface area (Å²) in [5.41, 5.74) is 1.13. The van der Waals surface area contributed by atoms with Gasteiger partial charge in [-0.2, -0.15) is 13.2 Å². The van der Waals surface area contributed by atoms with Crippen molar-refractivity contribution in [3.63, 3.8) is 0 Å². The monoisotopic (exact) mass is 279 g/mol. The van der Waals surface area contributed by atoms with Crippen LogP contribution in [-0.2, 0) is 12.6 Å². The number of benzene rings is 2. The van der Waals surface area contributed by atoms with Crippen LogP contribution in [0.4, 0.5) is 13.2 Å². The number of alkyl halides is 3. The first-order valence-electron chi connectivity index (χ1n) is 6.39. The van der Waals surface area contributed by atoms with Gasteiger partial charge in [-0.1, -0.05) is 48.5 Å². The molecule has 4 heteroatoms. The van der Waals surface area contributed by atoms with E-state index in [2.05, 4.69) is 5.32 Å². The van der Waals surface area contributed by atoms with E-state index in [0.717, 1.165) is 11.6 Å². The summed E-state index contributed by atoms with van der Waals surface area (Å²) < 4.78 is 38.1. The number of likely N-dealkylation sites (N-methyl/N-ethyl adjacent to an activating group) is 1. The Hall–Kier alpha value is -1.81. The number of hydrogen-bond donors (Lipinski definition) is 1. The third kappa shape index (κ3) is 3.61. The molecule has 0 saturated heterocycles. The maximum Gasteiger partial charge on any atom is 0.416 e. The van der Waals surface area contributed by atoms with E-state index in [1.807, 2.05) is 37.4 Å². The molecule has 0 spiro atoms. The van der Waals surface area contributed by atoms with Gasteiger partial charge >= 0.3 is 6.18 Å². The number of nitrogens with one attached hydrogen (secondary N) is 1. The summed E-state index contributed by atoms with van der Waals surface area (Å²) in [6.07, 6.45) is -3.78. The molecule has 1 N–H and O–H groups in total. The molecule has 2 aromatic carbocycles. The average molecular weight is 279 g/mol. The lowest BCUT2D eigenvalue weighted by atomic mass is 9.98. The minimum atomic E-state index is -4.29. The lowest BCUT2D eigenvalue weighted by Crippen LogP contribution is -2.19. The van der Waals surface area contributed by atoms with Gasteiger partial charge in [0.15, 0.2) is 0 Å². The van der Waals surface area contributed by atoms with Crippen LogP contribution in [0.25, 0.3) is 0 Å². The fourth-order valence-corrected chi connectivity index (χ4v) is 2.18. The van der Waals surface area contributed by atoms with Crippen molar-refractivity contribution in [2.24, 2.45) is 0 Å². The van der Waals surface area contributed by atoms with Crippen LogP contribution < -0.4 is 5.32 Å². The van der Waals surface area contributed by atoms with E-state index in [9.17, 15) is 13.2 Å². The molecule has 0 fully saturated rings. The van der Waals surface area contributed by atoms with Gasteiger partial charge in [0.05, 0.1) is 5.56 Å². The Kier molecular flexibility index (Phi) is 4.45. The highest BCUT2D eigenvalue weighted by molar-refractivity contribution is 5.28. The van der Waals surface area contributed by atoms with Crippen LogP contribution in [-0.4, -0.2) is 7.05 Å². The molecular weight excluding hydrogens is 263 g/mol. The van der Waals surface area contributed by atoms with Gasteiger partial charge in [-0.05, 0) is 30.7 Å². The van der Waals surface area contributed by atoms with Gasteiger partial charge in [0.25, 0.3) is 0 Å². The zero-order valence-electron chi connectivity index (χ0n) is 11.1. The minimum absolute atomic E-state index is 0.000293. The second kappa shape index (κ2) is 6.09. The van der Waals surface area contributed by atoms with Crippen LogP contribution in [0.5, 0.6) is 0 Å². The van der Waals surface area contributed by atoms with Crippen molar-refractivity contribution in [2.45, 2.75) is 18.6 Å². The Morgan fingerprint density at radius 3 is 2.30 bits per heavy atom. The van der Waals surface area contributed by atoms with Crippen molar-refractivity contribution in [1.82, 2.24) is 5.32 Å². The van der Waals surface area contributed by atoms with E-state index in [0.29, 0.717) is 12.0 Å². The zero-order valence-corrected chi connectivity index (χ0v) is 11.1. The summed E-state index contributed by atoms with van der Waals surface area (Å²) in [5.74, 6) is 0. The molecule has 0 heterocycles. The highest BCUT2D eigenvalue weighted by Gasteiger charge is 2.30. The summed E-state index contributed by atoms with van der Waals surface area (Å²) in [6, 6.07) is 15.2.